The lowest BCUT2D eigenvalue weighted by Crippen LogP contribution is -2.52. The topological polar surface area (TPSA) is 89.7 Å². The number of anilines is 2. The number of amides is 1. The highest BCUT2D eigenvalue weighted by atomic mass is 19.4. The Hall–Kier alpha value is -3.32. The fourth-order valence-electron chi connectivity index (χ4n) is 4.30. The summed E-state index contributed by atoms with van der Waals surface area (Å²) >= 11 is 0. The first kappa shape index (κ1) is 21.9. The van der Waals surface area contributed by atoms with Crippen LogP contribution < -0.4 is 14.5 Å². The Bertz CT molecular complexity index is 1110. The van der Waals surface area contributed by atoms with E-state index in [4.69, 9.17) is 4.74 Å². The van der Waals surface area contributed by atoms with Gasteiger partial charge in [0.1, 0.15) is 35.8 Å². The molecule has 2 aliphatic heterocycles. The van der Waals surface area contributed by atoms with E-state index >= 15 is 0 Å². The summed E-state index contributed by atoms with van der Waals surface area (Å²) in [6, 6.07) is 6.58. The standard InChI is InChI=1S/C22H21F3N4O3/c1-12-4-3-5-16-19(12)32-9-8-28(16)21(31)18-17(30)6-7-29(18)20-14(11-26)15(22(23,24)25)10-13(2)27-20/h3-5,10,17-18,30H,6-9H2,1-2H3/t17-,18+/m1/s1. The minimum absolute atomic E-state index is 0.0613. The van der Waals surface area contributed by atoms with Gasteiger partial charge in [0, 0.05) is 12.2 Å². The third-order valence-electron chi connectivity index (χ3n) is 5.75. The van der Waals surface area contributed by atoms with Gasteiger partial charge in [0.15, 0.2) is 0 Å². The number of aliphatic hydroxyl groups is 1. The van der Waals surface area contributed by atoms with Crippen LogP contribution >= 0.6 is 0 Å². The average Bonchev–Trinajstić information content (AvgIpc) is 3.13. The van der Waals surface area contributed by atoms with Crippen molar-refractivity contribution in [3.8, 4) is 11.8 Å². The molecule has 1 N–H and O–H groups in total. The van der Waals surface area contributed by atoms with E-state index in [1.165, 1.54) is 16.7 Å². The van der Waals surface area contributed by atoms with Gasteiger partial charge in [-0.3, -0.25) is 4.79 Å². The number of nitrogens with zero attached hydrogens (tertiary/aromatic N) is 4. The molecule has 0 aliphatic carbocycles. The van der Waals surface area contributed by atoms with Crippen molar-refractivity contribution in [2.24, 2.45) is 0 Å². The number of benzene rings is 1. The van der Waals surface area contributed by atoms with Crippen LogP contribution in [0.4, 0.5) is 24.7 Å². The Labute approximate surface area is 182 Å². The number of aryl methyl sites for hydroxylation is 2. The minimum Gasteiger partial charge on any atom is -0.489 e. The molecule has 1 aromatic carbocycles. The zero-order valence-corrected chi connectivity index (χ0v) is 17.5. The van der Waals surface area contributed by atoms with Gasteiger partial charge >= 0.3 is 6.18 Å². The van der Waals surface area contributed by atoms with Gasteiger partial charge in [-0.05, 0) is 38.0 Å². The minimum atomic E-state index is -4.76. The maximum atomic E-state index is 13.6. The van der Waals surface area contributed by atoms with E-state index in [2.05, 4.69) is 4.98 Å². The number of halogens is 3. The number of carbonyl (C=O) groups is 1. The van der Waals surface area contributed by atoms with Crippen molar-refractivity contribution in [3.63, 3.8) is 0 Å². The van der Waals surface area contributed by atoms with Crippen molar-refractivity contribution in [3.05, 3.63) is 46.6 Å². The number of ether oxygens (including phenoxy) is 1. The number of carbonyl (C=O) groups excluding carboxylic acids is 1. The van der Waals surface area contributed by atoms with Crippen molar-refractivity contribution in [1.29, 1.82) is 5.26 Å². The van der Waals surface area contributed by atoms with Crippen LogP contribution in [0, 0.1) is 25.2 Å². The molecule has 0 bridgehead atoms. The predicted octanol–water partition coefficient (Wildman–Crippen LogP) is 2.95. The number of hydrogen-bond donors (Lipinski definition) is 1. The van der Waals surface area contributed by atoms with Gasteiger partial charge in [-0.1, -0.05) is 12.1 Å². The van der Waals surface area contributed by atoms with E-state index < -0.39 is 35.4 Å². The first-order valence-corrected chi connectivity index (χ1v) is 10.1. The van der Waals surface area contributed by atoms with Crippen LogP contribution in [0.25, 0.3) is 0 Å². The second-order valence-corrected chi connectivity index (χ2v) is 7.88. The molecular weight excluding hydrogens is 425 g/mol. The summed E-state index contributed by atoms with van der Waals surface area (Å²) in [4.78, 5) is 20.5. The summed E-state index contributed by atoms with van der Waals surface area (Å²) in [6.07, 6.45) is -5.73. The lowest BCUT2D eigenvalue weighted by Gasteiger charge is -2.35. The zero-order chi connectivity index (χ0) is 23.2. The highest BCUT2D eigenvalue weighted by Crippen LogP contribution is 2.39. The van der Waals surface area contributed by atoms with Crippen molar-refractivity contribution < 1.29 is 27.8 Å². The first-order valence-electron chi connectivity index (χ1n) is 10.1. The van der Waals surface area contributed by atoms with Gasteiger partial charge in [0.25, 0.3) is 5.91 Å². The lowest BCUT2D eigenvalue weighted by atomic mass is 10.1. The highest BCUT2D eigenvalue weighted by molar-refractivity contribution is 6.01. The fraction of sp³-hybridized carbons (Fsp3) is 0.409. The number of aromatic nitrogens is 1. The SMILES string of the molecule is Cc1cc(C(F)(F)F)c(C#N)c(N2CC[C@@H](O)[C@H]2C(=O)N2CCOc3c(C)cccc32)n1. The molecule has 1 aromatic heterocycles. The predicted molar refractivity (Wildman–Crippen MR) is 109 cm³/mol. The summed E-state index contributed by atoms with van der Waals surface area (Å²) in [7, 11) is 0. The van der Waals surface area contributed by atoms with Gasteiger partial charge in [0.05, 0.1) is 23.9 Å². The molecule has 0 radical (unpaired) electrons. The fourth-order valence-corrected chi connectivity index (χ4v) is 4.30. The van der Waals surface area contributed by atoms with Crippen LogP contribution in [-0.4, -0.2) is 47.8 Å². The third-order valence-corrected chi connectivity index (χ3v) is 5.75. The van der Waals surface area contributed by atoms with Gasteiger partial charge in [-0.15, -0.1) is 0 Å². The Morgan fingerprint density at radius 2 is 2.06 bits per heavy atom. The molecule has 0 spiro atoms. The van der Waals surface area contributed by atoms with Crippen LogP contribution in [0.15, 0.2) is 24.3 Å². The molecule has 3 heterocycles. The van der Waals surface area contributed by atoms with Crippen molar-refractivity contribution >= 4 is 17.4 Å². The van der Waals surface area contributed by atoms with Gasteiger partial charge in [-0.25, -0.2) is 4.98 Å². The molecule has 168 valence electrons. The molecule has 1 amide bonds. The number of pyridine rings is 1. The summed E-state index contributed by atoms with van der Waals surface area (Å²) in [5.41, 5.74) is -0.332. The Balaban J connectivity index is 1.78. The van der Waals surface area contributed by atoms with Crippen molar-refractivity contribution in [1.82, 2.24) is 4.98 Å². The third kappa shape index (κ3) is 3.62. The maximum Gasteiger partial charge on any atom is 0.417 e. The molecule has 2 atom stereocenters. The summed E-state index contributed by atoms with van der Waals surface area (Å²) in [6.45, 7) is 3.80. The Kier molecular flexibility index (Phi) is 5.46. The van der Waals surface area contributed by atoms with Crippen molar-refractivity contribution in [2.45, 2.75) is 38.6 Å². The van der Waals surface area contributed by atoms with E-state index in [1.807, 2.05) is 13.0 Å². The van der Waals surface area contributed by atoms with E-state index in [-0.39, 0.29) is 37.6 Å². The maximum absolute atomic E-state index is 13.6. The summed E-state index contributed by atoms with van der Waals surface area (Å²) in [5.74, 6) is -0.171. The molecule has 2 aliphatic rings. The van der Waals surface area contributed by atoms with Crippen molar-refractivity contribution in [2.75, 3.05) is 29.5 Å². The van der Waals surface area contributed by atoms with Crippen LogP contribution in [0.1, 0.15) is 28.8 Å². The molecule has 7 nitrogen and oxygen atoms in total. The Morgan fingerprint density at radius 1 is 1.31 bits per heavy atom. The van der Waals surface area contributed by atoms with E-state index in [1.54, 1.807) is 18.2 Å². The van der Waals surface area contributed by atoms with Crippen LogP contribution in [-0.2, 0) is 11.0 Å². The quantitative estimate of drug-likeness (QED) is 0.763. The van der Waals surface area contributed by atoms with Gasteiger partial charge in [-0.2, -0.15) is 18.4 Å². The number of nitriles is 1. The molecule has 10 heteroatoms. The molecule has 32 heavy (non-hydrogen) atoms. The Morgan fingerprint density at radius 3 is 2.75 bits per heavy atom. The smallest absolute Gasteiger partial charge is 0.417 e. The van der Waals surface area contributed by atoms with E-state index in [0.29, 0.717) is 11.4 Å². The average molecular weight is 446 g/mol. The zero-order valence-electron chi connectivity index (χ0n) is 17.5. The largest absolute Gasteiger partial charge is 0.489 e. The van der Waals surface area contributed by atoms with Crippen LogP contribution in [0.3, 0.4) is 0 Å². The number of aliphatic hydroxyl groups excluding tert-OH is 1. The lowest BCUT2D eigenvalue weighted by molar-refractivity contribution is -0.137. The van der Waals surface area contributed by atoms with E-state index in [9.17, 15) is 28.3 Å². The number of fused-ring (bicyclic) bond motifs is 1. The molecular formula is C22H21F3N4O3. The van der Waals surface area contributed by atoms with Gasteiger partial charge in [0.2, 0.25) is 0 Å². The molecule has 4 rings (SSSR count). The number of rotatable bonds is 2. The number of alkyl halides is 3. The number of hydrogen-bond acceptors (Lipinski definition) is 6. The van der Waals surface area contributed by atoms with E-state index in [0.717, 1.165) is 11.6 Å². The molecule has 1 fully saturated rings. The summed E-state index contributed by atoms with van der Waals surface area (Å²) in [5, 5.41) is 20.2. The monoisotopic (exact) mass is 446 g/mol. The van der Waals surface area contributed by atoms with Crippen LogP contribution in [0.5, 0.6) is 5.75 Å². The van der Waals surface area contributed by atoms with Crippen LogP contribution in [0.2, 0.25) is 0 Å². The summed E-state index contributed by atoms with van der Waals surface area (Å²) < 4.78 is 46.4. The number of para-hydroxylation sites is 1. The second kappa shape index (κ2) is 7.98. The first-order chi connectivity index (χ1) is 15.1. The molecule has 1 saturated heterocycles. The molecule has 0 saturated carbocycles. The highest BCUT2D eigenvalue weighted by Gasteiger charge is 2.45. The second-order valence-electron chi connectivity index (χ2n) is 7.88. The molecule has 0 unspecified atom stereocenters. The molecule has 2 aromatic rings. The van der Waals surface area contributed by atoms with Gasteiger partial charge < -0.3 is 19.6 Å². The normalized spacial score (nSPS) is 20.5.